The van der Waals surface area contributed by atoms with Crippen molar-refractivity contribution in [3.8, 4) is 34.4 Å². The molecule has 10 rings (SSSR count). The van der Waals surface area contributed by atoms with Crippen LogP contribution in [0.5, 0.6) is 11.8 Å². The fraction of sp³-hybridized carbons (Fsp3) is 0.415. The Hall–Kier alpha value is -7.11. The van der Waals surface area contributed by atoms with Gasteiger partial charge in [-0.1, -0.05) is 25.4 Å². The quantitative estimate of drug-likeness (QED) is 0.0713. The van der Waals surface area contributed by atoms with Crippen LogP contribution in [-0.2, 0) is 45.7 Å². The monoisotopic (exact) mass is 1090 g/mol. The first kappa shape index (κ1) is 53.3. The summed E-state index contributed by atoms with van der Waals surface area (Å²) >= 11 is 6.68. The number of nitrogens with two attached hydrogens (primary N) is 1. The number of nitrogen functional groups attached to an aromatic ring is 1. The number of carbonyl (C=O) groups excluding carboxylic acids is 2. The number of esters is 1. The lowest BCUT2D eigenvalue weighted by Gasteiger charge is -2.41. The van der Waals surface area contributed by atoms with Gasteiger partial charge in [-0.3, -0.25) is 9.59 Å². The van der Waals surface area contributed by atoms with Crippen molar-refractivity contribution in [2.45, 2.75) is 96.6 Å². The molecule has 0 spiro atoms. The number of anilines is 2. The first-order chi connectivity index (χ1) is 36.4. The normalized spacial score (nSPS) is 19.9. The Bertz CT molecular complexity index is 3540. The number of hydrogen-bond donors (Lipinski definition) is 2. The molecule has 2 aromatic carbocycles. The lowest BCUT2D eigenvalue weighted by atomic mass is 9.86. The molecule has 16 nitrogen and oxygen atoms in total. The molecule has 24 heteroatoms. The summed E-state index contributed by atoms with van der Waals surface area (Å²) in [5, 5.41) is 11.4. The molecule has 2 fully saturated rings. The van der Waals surface area contributed by atoms with E-state index < -0.39 is 86.8 Å². The third kappa shape index (κ3) is 9.52. The summed E-state index contributed by atoms with van der Waals surface area (Å²) in [5.41, 5.74) is 2.29. The van der Waals surface area contributed by atoms with Gasteiger partial charge < -0.3 is 44.3 Å². The van der Waals surface area contributed by atoms with Gasteiger partial charge in [0.15, 0.2) is 11.4 Å². The minimum absolute atomic E-state index is 0.0232. The number of carbonyl (C=O) groups is 2. The minimum Gasteiger partial charge on any atom is -0.489 e. The third-order valence-corrected chi connectivity index (χ3v) is 15.3. The number of allylic oxidation sites excluding steroid dienone is 1. The van der Waals surface area contributed by atoms with Gasteiger partial charge in [-0.05, 0) is 101 Å². The summed E-state index contributed by atoms with van der Waals surface area (Å²) in [6.45, 7) is 5.85. The van der Waals surface area contributed by atoms with Crippen LogP contribution in [0, 0.1) is 12.7 Å². The summed E-state index contributed by atoms with van der Waals surface area (Å²) in [6, 6.07) is 7.47. The molecule has 406 valence electrons. The van der Waals surface area contributed by atoms with E-state index in [-0.39, 0.29) is 103 Å². The number of likely N-dealkylation sites (N-methyl/N-ethyl adjacent to an activating group) is 1. The number of aryl methyl sites for hydroxylation is 2. The molecule has 8 heterocycles. The van der Waals surface area contributed by atoms with Crippen LogP contribution in [-0.4, -0.2) is 116 Å². The lowest BCUT2D eigenvalue weighted by Crippen LogP contribution is -2.54. The fourth-order valence-corrected chi connectivity index (χ4v) is 11.4. The maximum atomic E-state index is 17.1. The number of fused-ring (bicyclic) bond motifs is 6. The predicted octanol–water partition coefficient (Wildman–Crippen LogP) is 8.43. The van der Waals surface area contributed by atoms with E-state index in [2.05, 4.69) is 19.9 Å². The molecule has 0 unspecified atom stereocenters. The highest BCUT2D eigenvalue weighted by Crippen LogP contribution is 2.46. The summed E-state index contributed by atoms with van der Waals surface area (Å²) in [7, 11) is 1.91. The zero-order valence-corrected chi connectivity index (χ0v) is 43.0. The van der Waals surface area contributed by atoms with Crippen LogP contribution < -0.4 is 25.7 Å². The smallest absolute Gasteiger partial charge is 0.418 e. The first-order valence-electron chi connectivity index (χ1n) is 24.9. The molecule has 2 saturated heterocycles. The molecule has 6 aromatic rings. The largest absolute Gasteiger partial charge is 0.489 e. The molecule has 0 bridgehead atoms. The van der Waals surface area contributed by atoms with E-state index >= 15 is 4.39 Å². The summed E-state index contributed by atoms with van der Waals surface area (Å²) in [5.74, 6) is -3.23. The van der Waals surface area contributed by atoms with E-state index in [0.717, 1.165) is 37.9 Å². The molecule has 0 saturated carbocycles. The van der Waals surface area contributed by atoms with Gasteiger partial charge in [-0.15, -0.1) is 0 Å². The Morgan fingerprint density at radius 3 is 2.43 bits per heavy atom. The average Bonchev–Trinajstić information content (AvgIpc) is 3.96. The van der Waals surface area contributed by atoms with Crippen LogP contribution in [0.3, 0.4) is 0 Å². The van der Waals surface area contributed by atoms with Crippen molar-refractivity contribution >= 4 is 56.9 Å². The van der Waals surface area contributed by atoms with Crippen LogP contribution in [0.4, 0.5) is 42.4 Å². The number of likely N-dealkylation sites (tertiary alicyclic amines) is 1. The molecule has 1 amide bonds. The molecule has 77 heavy (non-hydrogen) atoms. The molecule has 4 aromatic heterocycles. The number of aliphatic hydroxyl groups is 1. The van der Waals surface area contributed by atoms with Gasteiger partial charge in [0.25, 0.3) is 11.5 Å². The first-order valence-corrected chi connectivity index (χ1v) is 25.3. The number of nitrogens with zero attached hydrogens (tertiary/aromatic N) is 8. The van der Waals surface area contributed by atoms with Crippen LogP contribution in [0.1, 0.15) is 73.4 Å². The molecular weight excluding hydrogens is 1040 g/mol. The number of cyclic esters (lactones) is 1. The number of alkyl halides is 6. The molecule has 0 radical (unpaired) electrons. The highest BCUT2D eigenvalue weighted by atomic mass is 35.5. The van der Waals surface area contributed by atoms with Gasteiger partial charge in [0.1, 0.15) is 42.7 Å². The van der Waals surface area contributed by atoms with Crippen LogP contribution in [0.15, 0.2) is 52.8 Å². The average molecular weight is 1090 g/mol. The van der Waals surface area contributed by atoms with Crippen molar-refractivity contribution in [1.29, 1.82) is 0 Å². The second kappa shape index (κ2) is 19.7. The number of pyridine rings is 3. The SMILES string of the molecule is CCc1c2c(nc3ccc(OC/C(=C\C(F)(F)F)C(=O)N4CCN(c5nc(OC[C@@H]6CCCN6C)nc6c(F)c(-c7nc(N)cc(C)c7C(F)(F)F)c(Cl)cc56)[C@@H](C)C4)cc13)-c1cc3c(c(=O)n1C2)COC(=O)[C@]3(O)CC. The van der Waals surface area contributed by atoms with Gasteiger partial charge >= 0.3 is 24.3 Å². The Kier molecular flexibility index (Phi) is 13.6. The number of ether oxygens (including phenoxy) is 3. The van der Waals surface area contributed by atoms with E-state index in [4.69, 9.17) is 36.5 Å². The van der Waals surface area contributed by atoms with Gasteiger partial charge in [0.2, 0.25) is 0 Å². The van der Waals surface area contributed by atoms with Crippen molar-refractivity contribution < 1.29 is 59.6 Å². The fourth-order valence-electron chi connectivity index (χ4n) is 11.1. The molecular formula is C53H51ClF7N9O7. The number of rotatable bonds is 11. The standard InChI is InChI=1S/C53H51ClF7N9O7/c1-6-30-31-16-29(10-11-37(31)63-43-33(30)21-70-38(43)18-35-34(48(70)72)24-76-49(73)51(35,74)7-2)75-22-27(19-52(56,57)58)47(71)68-13-14-69(26(4)20-68)46-32-17-36(54)40(45-41(53(59,60)61)25(3)15-39(62)64-45)42(55)44(32)65-50(66-46)77-23-28-9-8-12-67(28)5/h10-11,15-19,26,28,74H,6-9,12-14,20-24H2,1-5H3,(H2,62,64)/b27-19+/t26-,28-,51-/m0/s1. The second-order valence-corrected chi connectivity index (χ2v) is 20.2. The predicted molar refractivity (Wildman–Crippen MR) is 270 cm³/mol. The summed E-state index contributed by atoms with van der Waals surface area (Å²) in [6.07, 6.45) is -7.94. The highest BCUT2D eigenvalue weighted by molar-refractivity contribution is 6.34. The summed E-state index contributed by atoms with van der Waals surface area (Å²) < 4.78 is 122. The van der Waals surface area contributed by atoms with Crippen LogP contribution >= 0.6 is 11.6 Å². The zero-order chi connectivity index (χ0) is 55.2. The number of piperazine rings is 1. The Labute approximate surface area is 440 Å². The van der Waals surface area contributed by atoms with E-state index in [9.17, 15) is 45.8 Å². The highest BCUT2D eigenvalue weighted by Gasteiger charge is 2.46. The molecule has 3 N–H and O–H groups in total. The van der Waals surface area contributed by atoms with Crippen molar-refractivity contribution in [3.63, 3.8) is 0 Å². The number of benzene rings is 2. The van der Waals surface area contributed by atoms with Crippen LogP contribution in [0.25, 0.3) is 44.5 Å². The van der Waals surface area contributed by atoms with Crippen molar-refractivity contribution in [2.24, 2.45) is 0 Å². The number of aromatic nitrogens is 5. The Morgan fingerprint density at radius 2 is 1.75 bits per heavy atom. The third-order valence-electron chi connectivity index (χ3n) is 15.0. The molecule has 0 aliphatic carbocycles. The summed E-state index contributed by atoms with van der Waals surface area (Å²) in [4.78, 5) is 63.4. The van der Waals surface area contributed by atoms with Crippen LogP contribution in [0.2, 0.25) is 5.02 Å². The molecule has 4 aliphatic heterocycles. The van der Waals surface area contributed by atoms with E-state index in [0.29, 0.717) is 34.3 Å². The van der Waals surface area contributed by atoms with Gasteiger partial charge in [-0.25, -0.2) is 19.2 Å². The Morgan fingerprint density at radius 1 is 0.987 bits per heavy atom. The Balaban J connectivity index is 0.929. The van der Waals surface area contributed by atoms with Gasteiger partial charge in [-0.2, -0.15) is 36.3 Å². The lowest BCUT2D eigenvalue weighted by molar-refractivity contribution is -0.172. The van der Waals surface area contributed by atoms with Crippen molar-refractivity contribution in [3.05, 3.63) is 103 Å². The molecule has 4 aliphatic rings. The maximum absolute atomic E-state index is 17.1. The van der Waals surface area contributed by atoms with E-state index in [1.54, 1.807) is 36.9 Å². The minimum atomic E-state index is -4.99. The topological polar surface area (TPSA) is 191 Å². The molecule has 3 atom stereocenters. The van der Waals surface area contributed by atoms with Gasteiger partial charge in [0, 0.05) is 59.7 Å². The zero-order valence-electron chi connectivity index (χ0n) is 42.3. The second-order valence-electron chi connectivity index (χ2n) is 19.8. The number of halogens is 8. The van der Waals surface area contributed by atoms with E-state index in [1.165, 1.54) is 21.6 Å². The van der Waals surface area contributed by atoms with Crippen molar-refractivity contribution in [2.75, 3.05) is 57.1 Å². The number of amides is 1. The van der Waals surface area contributed by atoms with E-state index in [1.807, 2.05) is 14.0 Å². The maximum Gasteiger partial charge on any atom is 0.418 e. The van der Waals surface area contributed by atoms with Gasteiger partial charge in [0.05, 0.1) is 56.4 Å². The number of hydrogen-bond acceptors (Lipinski definition) is 14. The van der Waals surface area contributed by atoms with Crippen molar-refractivity contribution in [1.82, 2.24) is 34.3 Å².